The van der Waals surface area contributed by atoms with Crippen molar-refractivity contribution in [2.75, 3.05) is 0 Å². The third-order valence-electron chi connectivity index (χ3n) is 6.04. The molecule has 1 aliphatic rings. The Kier molecular flexibility index (Phi) is 8.18. The number of carboxylic acid groups (broad SMARTS) is 1. The summed E-state index contributed by atoms with van der Waals surface area (Å²) in [5.41, 5.74) is 2.89. The van der Waals surface area contributed by atoms with Crippen LogP contribution >= 0.6 is 47.2 Å². The molecule has 1 aromatic heterocycles. The topological polar surface area (TPSA) is 79.7 Å². The van der Waals surface area contributed by atoms with Crippen LogP contribution in [-0.4, -0.2) is 37.2 Å². The lowest BCUT2D eigenvalue weighted by Crippen LogP contribution is -2.45. The van der Waals surface area contributed by atoms with Crippen molar-refractivity contribution in [2.45, 2.75) is 19.1 Å². The van der Waals surface area contributed by atoms with Crippen LogP contribution in [0.4, 0.5) is 0 Å². The van der Waals surface area contributed by atoms with Gasteiger partial charge in [-0.2, -0.15) is 0 Å². The van der Waals surface area contributed by atoms with Gasteiger partial charge < -0.3 is 9.84 Å². The monoisotopic (exact) mass is 594 g/mol. The van der Waals surface area contributed by atoms with Crippen LogP contribution in [0.3, 0.4) is 0 Å². The van der Waals surface area contributed by atoms with E-state index in [9.17, 15) is 14.7 Å². The first kappa shape index (κ1) is 27.1. The largest absolute Gasteiger partial charge is 0.489 e. The molecule has 39 heavy (non-hydrogen) atoms. The second-order valence-corrected chi connectivity index (χ2v) is 11.2. The lowest BCUT2D eigenvalue weighted by molar-refractivity contribution is -0.145. The van der Waals surface area contributed by atoms with E-state index in [2.05, 4.69) is 4.98 Å². The number of thioether (sulfide) groups is 1. The molecule has 1 atom stereocenters. The van der Waals surface area contributed by atoms with Gasteiger partial charge >= 0.3 is 5.97 Å². The summed E-state index contributed by atoms with van der Waals surface area (Å²) in [6, 6.07) is 22.7. The van der Waals surface area contributed by atoms with Crippen LogP contribution in [-0.2, 0) is 22.6 Å². The number of carboxylic acids is 1. The highest BCUT2D eigenvalue weighted by Crippen LogP contribution is 2.36. The van der Waals surface area contributed by atoms with Gasteiger partial charge in [-0.05, 0) is 53.6 Å². The zero-order chi connectivity index (χ0) is 27.5. The number of carbonyl (C=O) groups is 2. The molecule has 1 fully saturated rings. The summed E-state index contributed by atoms with van der Waals surface area (Å²) in [5.74, 6) is -0.982. The van der Waals surface area contributed by atoms with E-state index in [1.54, 1.807) is 24.3 Å². The Morgan fingerprint density at radius 2 is 1.82 bits per heavy atom. The van der Waals surface area contributed by atoms with E-state index in [0.29, 0.717) is 28.5 Å². The molecule has 4 aromatic rings. The maximum absolute atomic E-state index is 13.3. The summed E-state index contributed by atoms with van der Waals surface area (Å²) in [4.78, 5) is 31.3. The van der Waals surface area contributed by atoms with Gasteiger partial charge in [0.1, 0.15) is 27.9 Å². The number of aliphatic carboxylic acids is 1. The first-order chi connectivity index (χ1) is 18.8. The minimum absolute atomic E-state index is 0.131. The Labute approximate surface area is 244 Å². The van der Waals surface area contributed by atoms with Gasteiger partial charge in [0.25, 0.3) is 5.91 Å². The molecule has 2 heterocycles. The van der Waals surface area contributed by atoms with E-state index in [4.69, 9.17) is 40.2 Å². The van der Waals surface area contributed by atoms with Crippen molar-refractivity contribution in [3.63, 3.8) is 0 Å². The minimum atomic E-state index is -1.13. The SMILES string of the molecule is O=C(O)[C@H](Cc1ccccc1)N1C(=O)/C(=C/c2cc3cc(OCc4cccc(Cl)c4)ccc3nc2Cl)SC1=S. The Morgan fingerprint density at radius 3 is 2.56 bits per heavy atom. The van der Waals surface area contributed by atoms with E-state index in [0.717, 1.165) is 33.2 Å². The minimum Gasteiger partial charge on any atom is -0.489 e. The van der Waals surface area contributed by atoms with E-state index < -0.39 is 17.9 Å². The number of thiocarbonyl (C=S) groups is 1. The van der Waals surface area contributed by atoms with Crippen molar-refractivity contribution in [1.82, 2.24) is 9.88 Å². The molecule has 3 aromatic carbocycles. The van der Waals surface area contributed by atoms with Crippen molar-refractivity contribution >= 4 is 80.4 Å². The van der Waals surface area contributed by atoms with Crippen molar-refractivity contribution in [1.29, 1.82) is 0 Å². The summed E-state index contributed by atoms with van der Waals surface area (Å²) >= 11 is 19.0. The Hall–Kier alpha value is -3.43. The fourth-order valence-electron chi connectivity index (χ4n) is 4.15. The number of carbonyl (C=O) groups excluding carboxylic acids is 1. The molecule has 0 radical (unpaired) electrons. The molecule has 1 aliphatic heterocycles. The number of nitrogens with zero attached hydrogens (tertiary/aromatic N) is 2. The third-order valence-corrected chi connectivity index (χ3v) is 7.91. The maximum Gasteiger partial charge on any atom is 0.327 e. The van der Waals surface area contributed by atoms with Crippen molar-refractivity contribution in [3.05, 3.63) is 111 Å². The molecule has 1 N–H and O–H groups in total. The molecule has 0 saturated carbocycles. The number of ether oxygens (including phenoxy) is 1. The van der Waals surface area contributed by atoms with Crippen molar-refractivity contribution in [2.24, 2.45) is 0 Å². The number of fused-ring (bicyclic) bond motifs is 1. The first-order valence-corrected chi connectivity index (χ1v) is 13.8. The second kappa shape index (κ2) is 11.8. The Morgan fingerprint density at radius 1 is 1.05 bits per heavy atom. The Bertz CT molecular complexity index is 1630. The smallest absolute Gasteiger partial charge is 0.327 e. The summed E-state index contributed by atoms with van der Waals surface area (Å²) in [5, 5.41) is 11.5. The van der Waals surface area contributed by atoms with Crippen LogP contribution in [0.2, 0.25) is 10.2 Å². The van der Waals surface area contributed by atoms with E-state index in [1.165, 1.54) is 0 Å². The summed E-state index contributed by atoms with van der Waals surface area (Å²) < 4.78 is 6.11. The lowest BCUT2D eigenvalue weighted by Gasteiger charge is -2.23. The highest BCUT2D eigenvalue weighted by molar-refractivity contribution is 8.26. The van der Waals surface area contributed by atoms with Crippen molar-refractivity contribution in [3.8, 4) is 5.75 Å². The van der Waals surface area contributed by atoms with E-state index in [-0.39, 0.29) is 20.8 Å². The zero-order valence-corrected chi connectivity index (χ0v) is 23.4. The van der Waals surface area contributed by atoms with Gasteiger partial charge in [0.15, 0.2) is 0 Å². The fourth-order valence-corrected chi connectivity index (χ4v) is 5.91. The normalized spacial score (nSPS) is 15.2. The first-order valence-electron chi connectivity index (χ1n) is 11.8. The molecule has 1 amide bonds. The number of aromatic nitrogens is 1. The van der Waals surface area contributed by atoms with Gasteiger partial charge in [0.05, 0.1) is 10.4 Å². The van der Waals surface area contributed by atoms with Gasteiger partial charge in [-0.15, -0.1) is 0 Å². The average Bonchev–Trinajstić information content (AvgIpc) is 3.19. The van der Waals surface area contributed by atoms with Gasteiger partial charge in [0, 0.05) is 22.4 Å². The number of halogens is 2. The predicted octanol–water partition coefficient (Wildman–Crippen LogP) is 7.02. The number of hydrogen-bond acceptors (Lipinski definition) is 6. The highest BCUT2D eigenvalue weighted by Gasteiger charge is 2.40. The average molecular weight is 596 g/mol. The number of amides is 1. The molecule has 196 valence electrons. The second-order valence-electron chi connectivity index (χ2n) is 8.74. The molecular weight excluding hydrogens is 575 g/mol. The van der Waals surface area contributed by atoms with E-state index in [1.807, 2.05) is 60.7 Å². The summed E-state index contributed by atoms with van der Waals surface area (Å²) in [6.07, 6.45) is 1.72. The van der Waals surface area contributed by atoms with Crippen LogP contribution < -0.4 is 4.74 Å². The van der Waals surface area contributed by atoms with Crippen LogP contribution in [0.1, 0.15) is 16.7 Å². The number of rotatable bonds is 8. The van der Waals surface area contributed by atoms with Crippen molar-refractivity contribution < 1.29 is 19.4 Å². The molecule has 0 unspecified atom stereocenters. The molecule has 0 spiro atoms. The maximum atomic E-state index is 13.3. The van der Waals surface area contributed by atoms with Crippen LogP contribution in [0.25, 0.3) is 17.0 Å². The quantitative estimate of drug-likeness (QED) is 0.133. The number of pyridine rings is 1. The lowest BCUT2D eigenvalue weighted by atomic mass is 10.0. The number of hydrogen-bond donors (Lipinski definition) is 1. The molecule has 1 saturated heterocycles. The molecule has 5 rings (SSSR count). The van der Waals surface area contributed by atoms with Gasteiger partial charge in [-0.25, -0.2) is 9.78 Å². The molecule has 0 bridgehead atoms. The third kappa shape index (κ3) is 6.25. The van der Waals surface area contributed by atoms with Gasteiger partial charge in [-0.3, -0.25) is 9.69 Å². The van der Waals surface area contributed by atoms with E-state index >= 15 is 0 Å². The molecule has 10 heteroatoms. The summed E-state index contributed by atoms with van der Waals surface area (Å²) in [7, 11) is 0. The van der Waals surface area contributed by atoms with Gasteiger partial charge in [0.2, 0.25) is 0 Å². The van der Waals surface area contributed by atoms with Crippen LogP contribution in [0.5, 0.6) is 5.75 Å². The summed E-state index contributed by atoms with van der Waals surface area (Å²) in [6.45, 7) is 0.343. The van der Waals surface area contributed by atoms with Crippen LogP contribution in [0.15, 0.2) is 83.8 Å². The Balaban J connectivity index is 1.39. The zero-order valence-electron chi connectivity index (χ0n) is 20.2. The number of benzene rings is 3. The standard InChI is InChI=1S/C29H20Cl2N2O4S2/c30-21-8-4-7-18(11-21)16-37-22-9-10-23-19(14-22)13-20(26(31)32-23)15-25-27(34)33(29(38)39-25)24(28(35)36)12-17-5-2-1-3-6-17/h1-11,13-15,24H,12,16H2,(H,35,36)/b25-15-/t24-/m0/s1. The highest BCUT2D eigenvalue weighted by atomic mass is 35.5. The van der Waals surface area contributed by atoms with Crippen LogP contribution in [0, 0.1) is 0 Å². The molecule has 6 nitrogen and oxygen atoms in total. The van der Waals surface area contributed by atoms with Gasteiger partial charge in [-0.1, -0.05) is 89.6 Å². The molecule has 0 aliphatic carbocycles. The molecular formula is C29H20Cl2N2O4S2. The predicted molar refractivity (Wildman–Crippen MR) is 159 cm³/mol. The fraction of sp³-hybridized carbons (Fsp3) is 0.103.